The van der Waals surface area contributed by atoms with Crippen LogP contribution in [0.25, 0.3) is 0 Å². The first-order valence-electron chi connectivity index (χ1n) is 12.1. The topological polar surface area (TPSA) is 96.5 Å². The van der Waals surface area contributed by atoms with Gasteiger partial charge in [-0.3, -0.25) is 9.59 Å². The van der Waals surface area contributed by atoms with Gasteiger partial charge in [0, 0.05) is 17.8 Å². The maximum atomic E-state index is 12.5. The van der Waals surface area contributed by atoms with Gasteiger partial charge in [-0.1, -0.05) is 42.4 Å². The molecule has 1 aliphatic heterocycles. The van der Waals surface area contributed by atoms with E-state index in [4.69, 9.17) is 4.74 Å². The standard InChI is InChI=1S/C26H31N5O3S/c32-24(27-15-8-18-31-16-6-1-2-7-17-31)20-11-13-21(14-12-20)28-25(33)26-30-29-23(35-26)19-34-22-9-4-3-5-10-22/h3-5,9-14H,1-2,6-8,15-19H2,(H,27,32)(H,28,33). The Bertz CT molecular complexity index is 1080. The van der Waals surface area contributed by atoms with Crippen LogP contribution >= 0.6 is 11.3 Å². The molecule has 1 saturated heterocycles. The third-order valence-electron chi connectivity index (χ3n) is 5.81. The maximum Gasteiger partial charge on any atom is 0.286 e. The molecule has 2 aromatic carbocycles. The zero-order valence-electron chi connectivity index (χ0n) is 19.7. The molecule has 0 radical (unpaired) electrons. The predicted octanol–water partition coefficient (Wildman–Crippen LogP) is 4.37. The Morgan fingerprint density at radius 2 is 1.66 bits per heavy atom. The Labute approximate surface area is 209 Å². The molecule has 184 valence electrons. The van der Waals surface area contributed by atoms with Gasteiger partial charge in [-0.2, -0.15) is 0 Å². The molecule has 4 rings (SSSR count). The molecule has 8 nitrogen and oxygen atoms in total. The van der Waals surface area contributed by atoms with Crippen molar-refractivity contribution in [3.8, 4) is 5.75 Å². The van der Waals surface area contributed by atoms with Gasteiger partial charge in [-0.05, 0) is 75.3 Å². The number of hydrogen-bond donors (Lipinski definition) is 2. The van der Waals surface area contributed by atoms with E-state index in [1.54, 1.807) is 24.3 Å². The Morgan fingerprint density at radius 1 is 0.914 bits per heavy atom. The van der Waals surface area contributed by atoms with Crippen LogP contribution in [0.2, 0.25) is 0 Å². The Balaban J connectivity index is 1.19. The highest BCUT2D eigenvalue weighted by atomic mass is 32.1. The molecule has 3 aromatic rings. The van der Waals surface area contributed by atoms with Gasteiger partial charge in [-0.15, -0.1) is 10.2 Å². The summed E-state index contributed by atoms with van der Waals surface area (Å²) < 4.78 is 5.65. The molecule has 1 fully saturated rings. The van der Waals surface area contributed by atoms with Gasteiger partial charge in [0.25, 0.3) is 11.8 Å². The fourth-order valence-electron chi connectivity index (χ4n) is 3.92. The van der Waals surface area contributed by atoms with E-state index in [1.807, 2.05) is 30.3 Å². The van der Waals surface area contributed by atoms with Crippen LogP contribution in [-0.2, 0) is 6.61 Å². The van der Waals surface area contributed by atoms with Crippen LogP contribution in [0, 0.1) is 0 Å². The Morgan fingerprint density at radius 3 is 2.40 bits per heavy atom. The van der Waals surface area contributed by atoms with Gasteiger partial charge in [0.1, 0.15) is 12.4 Å². The molecule has 9 heteroatoms. The zero-order valence-corrected chi connectivity index (χ0v) is 20.6. The van der Waals surface area contributed by atoms with E-state index < -0.39 is 0 Å². The predicted molar refractivity (Wildman–Crippen MR) is 137 cm³/mol. The lowest BCUT2D eigenvalue weighted by Crippen LogP contribution is -2.30. The lowest BCUT2D eigenvalue weighted by atomic mass is 10.2. The number of carbonyl (C=O) groups excluding carboxylic acids is 2. The summed E-state index contributed by atoms with van der Waals surface area (Å²) in [7, 11) is 0. The molecular formula is C26H31N5O3S. The van der Waals surface area contributed by atoms with Crippen molar-refractivity contribution in [1.29, 1.82) is 0 Å². The lowest BCUT2D eigenvalue weighted by Gasteiger charge is -2.19. The number of carbonyl (C=O) groups is 2. The van der Waals surface area contributed by atoms with Gasteiger partial charge in [0.15, 0.2) is 5.01 Å². The van der Waals surface area contributed by atoms with Gasteiger partial charge >= 0.3 is 0 Å². The first kappa shape index (κ1) is 24.8. The molecule has 0 atom stereocenters. The number of benzene rings is 2. The monoisotopic (exact) mass is 493 g/mol. The minimum Gasteiger partial charge on any atom is -0.486 e. The van der Waals surface area contributed by atoms with Crippen LogP contribution in [0.5, 0.6) is 5.75 Å². The van der Waals surface area contributed by atoms with E-state index >= 15 is 0 Å². The molecule has 0 unspecified atom stereocenters. The number of rotatable bonds is 10. The summed E-state index contributed by atoms with van der Waals surface area (Å²) in [4.78, 5) is 27.4. The number of nitrogens with zero attached hydrogens (tertiary/aromatic N) is 3. The van der Waals surface area contributed by atoms with Gasteiger partial charge < -0.3 is 20.3 Å². The van der Waals surface area contributed by atoms with Crippen LogP contribution < -0.4 is 15.4 Å². The number of anilines is 1. The van der Waals surface area contributed by atoms with Crippen LogP contribution in [0.4, 0.5) is 5.69 Å². The number of likely N-dealkylation sites (tertiary alicyclic amines) is 1. The van der Waals surface area contributed by atoms with E-state index in [9.17, 15) is 9.59 Å². The average Bonchev–Trinajstić information content (AvgIpc) is 3.22. The highest BCUT2D eigenvalue weighted by Gasteiger charge is 2.14. The largest absolute Gasteiger partial charge is 0.486 e. The lowest BCUT2D eigenvalue weighted by molar-refractivity contribution is 0.0951. The van der Waals surface area contributed by atoms with Crippen LogP contribution in [0.15, 0.2) is 54.6 Å². The minimum absolute atomic E-state index is 0.106. The molecule has 1 aliphatic rings. The van der Waals surface area contributed by atoms with E-state index in [0.717, 1.165) is 18.7 Å². The molecule has 1 aromatic heterocycles. The SMILES string of the molecule is O=C(NCCCN1CCCCCC1)c1ccc(NC(=O)c2nnc(COc3ccccc3)s2)cc1. The number of hydrogen-bond acceptors (Lipinski definition) is 7. The highest BCUT2D eigenvalue weighted by Crippen LogP contribution is 2.17. The second kappa shape index (κ2) is 13.0. The van der Waals surface area contributed by atoms with Crippen molar-refractivity contribution < 1.29 is 14.3 Å². The summed E-state index contributed by atoms with van der Waals surface area (Å²) in [6.45, 7) is 4.26. The van der Waals surface area contributed by atoms with Crippen molar-refractivity contribution in [1.82, 2.24) is 20.4 Å². The number of ether oxygens (including phenoxy) is 1. The van der Waals surface area contributed by atoms with Crippen molar-refractivity contribution in [2.45, 2.75) is 38.7 Å². The normalized spacial score (nSPS) is 14.2. The molecule has 2 amide bonds. The molecule has 0 aliphatic carbocycles. The summed E-state index contributed by atoms with van der Waals surface area (Å²) in [5.74, 6) is 0.278. The molecule has 0 bridgehead atoms. The van der Waals surface area contributed by atoms with Crippen molar-refractivity contribution in [2.24, 2.45) is 0 Å². The Kier molecular flexibility index (Phi) is 9.19. The summed E-state index contributed by atoms with van der Waals surface area (Å²) in [5.41, 5.74) is 1.15. The fraction of sp³-hybridized carbons (Fsp3) is 0.385. The Hall–Kier alpha value is -3.30. The summed E-state index contributed by atoms with van der Waals surface area (Å²) >= 11 is 1.18. The van der Waals surface area contributed by atoms with Crippen molar-refractivity contribution in [3.05, 3.63) is 70.2 Å². The van der Waals surface area contributed by atoms with Crippen molar-refractivity contribution >= 4 is 28.8 Å². The van der Waals surface area contributed by atoms with Crippen molar-refractivity contribution in [2.75, 3.05) is 31.5 Å². The number of nitrogens with one attached hydrogen (secondary N) is 2. The van der Waals surface area contributed by atoms with E-state index in [-0.39, 0.29) is 23.4 Å². The van der Waals surface area contributed by atoms with Gasteiger partial charge in [0.05, 0.1) is 0 Å². The average molecular weight is 494 g/mol. The quantitative estimate of drug-likeness (QED) is 0.407. The third kappa shape index (κ3) is 7.87. The van der Waals surface area contributed by atoms with Gasteiger partial charge in [-0.25, -0.2) is 0 Å². The molecule has 2 N–H and O–H groups in total. The first-order valence-corrected chi connectivity index (χ1v) is 12.9. The molecule has 0 spiro atoms. The molecule has 2 heterocycles. The second-order valence-electron chi connectivity index (χ2n) is 8.50. The van der Waals surface area contributed by atoms with E-state index in [0.29, 0.717) is 22.8 Å². The first-order chi connectivity index (χ1) is 17.2. The fourth-order valence-corrected chi connectivity index (χ4v) is 4.57. The molecule has 0 saturated carbocycles. The van der Waals surface area contributed by atoms with Crippen LogP contribution in [-0.4, -0.2) is 53.1 Å². The smallest absolute Gasteiger partial charge is 0.286 e. The number of aromatic nitrogens is 2. The van der Waals surface area contributed by atoms with Crippen molar-refractivity contribution in [3.63, 3.8) is 0 Å². The highest BCUT2D eigenvalue weighted by molar-refractivity contribution is 7.13. The second-order valence-corrected chi connectivity index (χ2v) is 9.56. The third-order valence-corrected chi connectivity index (χ3v) is 6.70. The van der Waals surface area contributed by atoms with Gasteiger partial charge in [0.2, 0.25) is 5.01 Å². The summed E-state index contributed by atoms with van der Waals surface area (Å²) in [6.07, 6.45) is 6.15. The minimum atomic E-state index is -0.348. The van der Waals surface area contributed by atoms with Crippen LogP contribution in [0.1, 0.15) is 57.3 Å². The maximum absolute atomic E-state index is 12.5. The zero-order chi connectivity index (χ0) is 24.3. The number of para-hydroxylation sites is 1. The van der Waals surface area contributed by atoms with Crippen LogP contribution in [0.3, 0.4) is 0 Å². The van der Waals surface area contributed by atoms with E-state index in [1.165, 1.54) is 50.1 Å². The summed E-state index contributed by atoms with van der Waals surface area (Å²) in [6, 6.07) is 16.2. The molecule has 35 heavy (non-hydrogen) atoms. The number of amides is 2. The molecular weight excluding hydrogens is 462 g/mol. The van der Waals surface area contributed by atoms with E-state index in [2.05, 4.69) is 25.7 Å². The summed E-state index contributed by atoms with van der Waals surface area (Å²) in [5, 5.41) is 14.6.